The van der Waals surface area contributed by atoms with Gasteiger partial charge in [-0.3, -0.25) is 9.59 Å². The van der Waals surface area contributed by atoms with Crippen LogP contribution in [0.4, 0.5) is 4.79 Å². The first-order valence-corrected chi connectivity index (χ1v) is 16.3. The quantitative estimate of drug-likeness (QED) is 0.215. The van der Waals surface area contributed by atoms with Crippen LogP contribution < -0.4 is 10.6 Å². The molecule has 0 saturated heterocycles. The van der Waals surface area contributed by atoms with Crippen LogP contribution in [-0.2, 0) is 36.7 Å². The van der Waals surface area contributed by atoms with Gasteiger partial charge in [-0.1, -0.05) is 72.8 Å². The van der Waals surface area contributed by atoms with E-state index in [0.29, 0.717) is 18.4 Å². The van der Waals surface area contributed by atoms with E-state index < -0.39 is 53.2 Å². The van der Waals surface area contributed by atoms with Crippen molar-refractivity contribution in [1.82, 2.24) is 15.5 Å². The zero-order valence-electron chi connectivity index (χ0n) is 28.6. The van der Waals surface area contributed by atoms with Gasteiger partial charge in [-0.15, -0.1) is 0 Å². The molecule has 0 aromatic heterocycles. The molecule has 3 unspecified atom stereocenters. The van der Waals surface area contributed by atoms with Gasteiger partial charge in [0.05, 0.1) is 0 Å². The van der Waals surface area contributed by atoms with Crippen molar-refractivity contribution >= 4 is 23.9 Å². The van der Waals surface area contributed by atoms with Gasteiger partial charge in [0, 0.05) is 18.9 Å². The number of carbonyl (C=O) groups excluding carboxylic acids is 4. The zero-order valence-corrected chi connectivity index (χ0v) is 28.6. The first-order chi connectivity index (χ1) is 22.6. The fourth-order valence-corrected chi connectivity index (χ4v) is 5.35. The summed E-state index contributed by atoms with van der Waals surface area (Å²) in [6, 6.07) is 20.9. The van der Waals surface area contributed by atoms with Crippen LogP contribution in [0.3, 0.4) is 0 Å². The molecule has 0 bridgehead atoms. The highest BCUT2D eigenvalue weighted by Crippen LogP contribution is 2.37. The Morgan fingerprint density at radius 1 is 0.750 bits per heavy atom. The minimum absolute atomic E-state index is 0.0887. The Morgan fingerprint density at radius 2 is 1.29 bits per heavy atom. The molecule has 256 valence electrons. The number of phenolic OH excluding ortho intramolecular Hbond substituents is 1. The van der Waals surface area contributed by atoms with Gasteiger partial charge in [-0.2, -0.15) is 0 Å². The zero-order chi connectivity index (χ0) is 35.1. The summed E-state index contributed by atoms with van der Waals surface area (Å²) in [5.74, 6) is -1.82. The van der Waals surface area contributed by atoms with Crippen molar-refractivity contribution in [3.63, 3.8) is 0 Å². The van der Waals surface area contributed by atoms with Gasteiger partial charge in [-0.05, 0) is 83.2 Å². The van der Waals surface area contributed by atoms with Gasteiger partial charge in [-0.25, -0.2) is 9.59 Å². The van der Waals surface area contributed by atoms with Gasteiger partial charge in [0.2, 0.25) is 11.8 Å². The summed E-state index contributed by atoms with van der Waals surface area (Å²) in [5, 5.41) is 16.1. The van der Waals surface area contributed by atoms with Gasteiger partial charge >= 0.3 is 12.1 Å². The average Bonchev–Trinajstić information content (AvgIpc) is 3.83. The molecule has 1 fully saturated rings. The van der Waals surface area contributed by atoms with Crippen LogP contribution in [0.1, 0.15) is 77.1 Å². The molecular weight excluding hydrogens is 610 g/mol. The van der Waals surface area contributed by atoms with Crippen LogP contribution in [0.25, 0.3) is 0 Å². The van der Waals surface area contributed by atoms with E-state index in [1.54, 1.807) is 53.7 Å². The Kier molecular flexibility index (Phi) is 11.5. The van der Waals surface area contributed by atoms with E-state index in [1.807, 2.05) is 60.7 Å². The number of amides is 3. The number of carbonyl (C=O) groups is 4. The number of rotatable bonds is 12. The number of hydrogen-bond donors (Lipinski definition) is 3. The van der Waals surface area contributed by atoms with Crippen molar-refractivity contribution in [3.05, 3.63) is 102 Å². The monoisotopic (exact) mass is 657 g/mol. The van der Waals surface area contributed by atoms with Crippen LogP contribution in [0, 0.1) is 0 Å². The van der Waals surface area contributed by atoms with E-state index >= 15 is 0 Å². The number of nitrogens with zero attached hydrogens (tertiary/aromatic N) is 1. The standard InChI is InChI=1S/C38H47N3O7/c1-37(2,3)47-35(45)31(23-26-16-11-8-12-17-26)39-33(43)32(27-18-13-19-29(42)24-27)41(28-20-21-28)34(44)30(22-25-14-9-7-10-15-25)40-36(46)48-38(4,5)6/h7-19,24,28,30-32,42H,20-23H2,1-6H3,(H,39,43)(H,40,46). The van der Waals surface area contributed by atoms with Crippen LogP contribution in [-0.4, -0.2) is 63.2 Å². The summed E-state index contributed by atoms with van der Waals surface area (Å²) in [4.78, 5) is 57.1. The molecule has 3 atom stereocenters. The maximum absolute atomic E-state index is 14.7. The first kappa shape index (κ1) is 36.0. The SMILES string of the molecule is CC(C)(C)OC(=O)NC(Cc1ccccc1)C(=O)N(C1CC1)C(C(=O)NC(Cc1ccccc1)C(=O)OC(C)(C)C)c1cccc(O)c1. The van der Waals surface area contributed by atoms with Gasteiger partial charge < -0.3 is 30.1 Å². The molecule has 3 aromatic rings. The predicted octanol–water partition coefficient (Wildman–Crippen LogP) is 5.63. The molecule has 3 aromatic carbocycles. The molecule has 0 radical (unpaired) electrons. The lowest BCUT2D eigenvalue weighted by Gasteiger charge is -2.35. The Morgan fingerprint density at radius 3 is 1.79 bits per heavy atom. The molecular formula is C38H47N3O7. The third-order valence-electron chi connectivity index (χ3n) is 7.47. The fourth-order valence-electron chi connectivity index (χ4n) is 5.35. The van der Waals surface area contributed by atoms with Crippen LogP contribution >= 0.6 is 0 Å². The Hall–Kier alpha value is -4.86. The predicted molar refractivity (Wildman–Crippen MR) is 182 cm³/mol. The molecule has 10 nitrogen and oxygen atoms in total. The maximum Gasteiger partial charge on any atom is 0.408 e. The maximum atomic E-state index is 14.7. The van der Waals surface area contributed by atoms with Crippen LogP contribution in [0.2, 0.25) is 0 Å². The van der Waals surface area contributed by atoms with Crippen molar-refractivity contribution in [2.45, 2.75) is 103 Å². The molecule has 3 amide bonds. The largest absolute Gasteiger partial charge is 0.508 e. The second-order valence-corrected chi connectivity index (χ2v) is 14.1. The highest BCUT2D eigenvalue weighted by molar-refractivity contribution is 5.94. The number of benzene rings is 3. The highest BCUT2D eigenvalue weighted by atomic mass is 16.6. The smallest absolute Gasteiger partial charge is 0.408 e. The molecule has 3 N–H and O–H groups in total. The van der Waals surface area contributed by atoms with Gasteiger partial charge in [0.25, 0.3) is 0 Å². The summed E-state index contributed by atoms with van der Waals surface area (Å²) in [6.07, 6.45) is 0.809. The average molecular weight is 658 g/mol. The Labute approximate surface area is 282 Å². The number of aromatic hydroxyl groups is 1. The number of alkyl carbamates (subject to hydrolysis) is 1. The molecule has 0 spiro atoms. The number of esters is 1. The topological polar surface area (TPSA) is 134 Å². The molecule has 4 rings (SSSR count). The lowest BCUT2D eigenvalue weighted by atomic mass is 9.99. The van der Waals surface area contributed by atoms with E-state index in [0.717, 1.165) is 11.1 Å². The molecule has 1 saturated carbocycles. The lowest BCUT2D eigenvalue weighted by molar-refractivity contribution is -0.159. The van der Waals surface area contributed by atoms with E-state index in [-0.39, 0.29) is 24.6 Å². The number of nitrogens with one attached hydrogen (secondary N) is 2. The van der Waals surface area contributed by atoms with E-state index in [4.69, 9.17) is 9.47 Å². The van der Waals surface area contributed by atoms with Crippen LogP contribution in [0.15, 0.2) is 84.9 Å². The Balaban J connectivity index is 1.73. The number of hydrogen-bond acceptors (Lipinski definition) is 7. The molecule has 48 heavy (non-hydrogen) atoms. The minimum atomic E-state index is -1.24. The third-order valence-corrected chi connectivity index (χ3v) is 7.47. The Bertz CT molecular complexity index is 1560. The second-order valence-electron chi connectivity index (χ2n) is 14.1. The molecule has 0 aliphatic heterocycles. The van der Waals surface area contributed by atoms with Gasteiger partial charge in [0.1, 0.15) is 35.1 Å². The van der Waals surface area contributed by atoms with Crippen molar-refractivity contribution in [1.29, 1.82) is 0 Å². The van der Waals surface area contributed by atoms with E-state index in [1.165, 1.54) is 17.0 Å². The molecule has 1 aliphatic rings. The van der Waals surface area contributed by atoms with Crippen molar-refractivity contribution in [2.75, 3.05) is 0 Å². The minimum Gasteiger partial charge on any atom is -0.508 e. The number of ether oxygens (including phenoxy) is 2. The summed E-state index contributed by atoms with van der Waals surface area (Å²) in [7, 11) is 0. The lowest BCUT2D eigenvalue weighted by Crippen LogP contribution is -2.56. The highest BCUT2D eigenvalue weighted by Gasteiger charge is 2.45. The summed E-state index contributed by atoms with van der Waals surface area (Å²) >= 11 is 0. The van der Waals surface area contributed by atoms with Crippen molar-refractivity contribution in [2.24, 2.45) is 0 Å². The van der Waals surface area contributed by atoms with E-state index in [2.05, 4.69) is 10.6 Å². The first-order valence-electron chi connectivity index (χ1n) is 16.3. The molecule has 0 heterocycles. The fraction of sp³-hybridized carbons (Fsp3) is 0.421. The van der Waals surface area contributed by atoms with Crippen molar-refractivity contribution in [3.8, 4) is 5.75 Å². The van der Waals surface area contributed by atoms with E-state index in [9.17, 15) is 24.3 Å². The molecule has 1 aliphatic carbocycles. The third kappa shape index (κ3) is 10.9. The number of phenols is 1. The van der Waals surface area contributed by atoms with Gasteiger partial charge in [0.15, 0.2) is 0 Å². The van der Waals surface area contributed by atoms with Crippen molar-refractivity contribution < 1.29 is 33.8 Å². The summed E-state index contributed by atoms with van der Waals surface area (Å²) < 4.78 is 11.2. The van der Waals surface area contributed by atoms with Crippen LogP contribution in [0.5, 0.6) is 5.75 Å². The second kappa shape index (κ2) is 15.4. The summed E-state index contributed by atoms with van der Waals surface area (Å²) in [5.41, 5.74) is 0.345. The normalized spacial score (nSPS) is 15.0. The molecule has 10 heteroatoms. The summed E-state index contributed by atoms with van der Waals surface area (Å²) in [6.45, 7) is 10.4.